The molecule has 1 saturated carbocycles. The van der Waals surface area contributed by atoms with Crippen molar-refractivity contribution in [2.24, 2.45) is 10.8 Å². The lowest BCUT2D eigenvalue weighted by Crippen LogP contribution is -2.58. The van der Waals surface area contributed by atoms with Gasteiger partial charge in [0.25, 0.3) is 5.91 Å². The quantitative estimate of drug-likeness (QED) is 0.777. The van der Waals surface area contributed by atoms with Gasteiger partial charge in [-0.25, -0.2) is 4.79 Å². The van der Waals surface area contributed by atoms with Gasteiger partial charge in [0, 0.05) is 17.0 Å². The van der Waals surface area contributed by atoms with Crippen LogP contribution in [0.15, 0.2) is 11.6 Å². The molecule has 2 unspecified atom stereocenters. The second-order valence-electron chi connectivity index (χ2n) is 9.13. The molecule has 0 bridgehead atoms. The molecule has 1 amide bonds. The number of carbonyl (C=O) groups excluding carboxylic acids is 2. The first-order valence-electron chi connectivity index (χ1n) is 8.83. The minimum atomic E-state index is -1.43. The van der Waals surface area contributed by atoms with Crippen LogP contribution in [-0.4, -0.2) is 34.7 Å². The summed E-state index contributed by atoms with van der Waals surface area (Å²) in [4.78, 5) is 25.0. The molecule has 0 aromatic heterocycles. The van der Waals surface area contributed by atoms with E-state index >= 15 is 0 Å². The predicted octanol–water partition coefficient (Wildman–Crippen LogP) is 2.72. The van der Waals surface area contributed by atoms with Gasteiger partial charge in [0.2, 0.25) is 0 Å². The maximum atomic E-state index is 12.6. The highest BCUT2D eigenvalue weighted by Crippen LogP contribution is 2.46. The summed E-state index contributed by atoms with van der Waals surface area (Å²) < 4.78 is 5.66. The van der Waals surface area contributed by atoms with E-state index in [1.54, 1.807) is 6.08 Å². The number of rotatable bonds is 3. The van der Waals surface area contributed by atoms with Crippen LogP contribution in [0.25, 0.3) is 0 Å². The highest BCUT2D eigenvalue weighted by molar-refractivity contribution is 5.95. The Morgan fingerprint density at radius 1 is 1.25 bits per heavy atom. The van der Waals surface area contributed by atoms with Crippen molar-refractivity contribution in [3.63, 3.8) is 0 Å². The number of nitrogens with one attached hydrogen (secondary N) is 1. The maximum absolute atomic E-state index is 12.6. The number of hydrogen-bond donors (Lipinski definition) is 2. The van der Waals surface area contributed by atoms with E-state index in [2.05, 4.69) is 5.32 Å². The third-order valence-electron chi connectivity index (χ3n) is 5.18. The van der Waals surface area contributed by atoms with Gasteiger partial charge in [0.15, 0.2) is 11.7 Å². The Morgan fingerprint density at radius 2 is 1.79 bits per heavy atom. The van der Waals surface area contributed by atoms with E-state index in [-0.39, 0.29) is 6.04 Å². The molecule has 24 heavy (non-hydrogen) atoms. The van der Waals surface area contributed by atoms with Gasteiger partial charge >= 0.3 is 5.97 Å². The van der Waals surface area contributed by atoms with E-state index in [0.717, 1.165) is 25.7 Å². The smallest absolute Gasteiger partial charge is 0.335 e. The van der Waals surface area contributed by atoms with Gasteiger partial charge in [0.05, 0.1) is 0 Å². The molecule has 0 radical (unpaired) electrons. The lowest BCUT2D eigenvalue weighted by Gasteiger charge is -2.41. The lowest BCUT2D eigenvalue weighted by molar-refractivity contribution is -0.176. The standard InChI is InChI=1S/C19H31NO4/c1-17(2,3)13-11-19(18(4,5)6,24-16(13)23)14(21)15(22)20-12-9-7-8-10-12/h11-12,14,21H,7-10H2,1-6H3,(H,20,22). The van der Waals surface area contributed by atoms with Crippen molar-refractivity contribution in [1.82, 2.24) is 5.32 Å². The molecule has 0 aromatic rings. The van der Waals surface area contributed by atoms with Crippen molar-refractivity contribution >= 4 is 11.9 Å². The summed E-state index contributed by atoms with van der Waals surface area (Å²) in [5, 5.41) is 13.7. The number of amides is 1. The van der Waals surface area contributed by atoms with E-state index in [4.69, 9.17) is 4.74 Å². The molecule has 2 atom stereocenters. The number of esters is 1. The molecule has 2 N–H and O–H groups in total. The molecule has 0 saturated heterocycles. The third kappa shape index (κ3) is 3.37. The fourth-order valence-electron chi connectivity index (χ4n) is 3.49. The highest BCUT2D eigenvalue weighted by atomic mass is 16.6. The van der Waals surface area contributed by atoms with Crippen molar-refractivity contribution in [1.29, 1.82) is 0 Å². The summed E-state index contributed by atoms with van der Waals surface area (Å²) in [7, 11) is 0. The molecule has 2 rings (SSSR count). The number of ether oxygens (including phenoxy) is 1. The normalized spacial score (nSPS) is 27.0. The predicted molar refractivity (Wildman–Crippen MR) is 92.2 cm³/mol. The first-order chi connectivity index (χ1) is 10.9. The molecule has 136 valence electrons. The highest BCUT2D eigenvalue weighted by Gasteiger charge is 2.57. The summed E-state index contributed by atoms with van der Waals surface area (Å²) in [6, 6.07) is 0.104. The molecule has 1 aliphatic carbocycles. The monoisotopic (exact) mass is 337 g/mol. The number of aliphatic hydroxyl groups is 1. The van der Waals surface area contributed by atoms with Gasteiger partial charge in [-0.1, -0.05) is 54.4 Å². The molecule has 5 nitrogen and oxygen atoms in total. The molecular weight excluding hydrogens is 306 g/mol. The molecule has 1 fully saturated rings. The Bertz CT molecular complexity index is 547. The molecule has 2 aliphatic rings. The Morgan fingerprint density at radius 3 is 2.21 bits per heavy atom. The maximum Gasteiger partial charge on any atom is 0.335 e. The molecule has 0 aromatic carbocycles. The number of hydrogen-bond acceptors (Lipinski definition) is 4. The van der Waals surface area contributed by atoms with Crippen molar-refractivity contribution in [2.75, 3.05) is 0 Å². The number of carbonyl (C=O) groups is 2. The van der Waals surface area contributed by atoms with Crippen LogP contribution in [0.1, 0.15) is 67.2 Å². The van der Waals surface area contributed by atoms with Gasteiger partial charge in [-0.2, -0.15) is 0 Å². The number of aliphatic hydroxyl groups excluding tert-OH is 1. The Labute approximate surface area is 144 Å². The minimum absolute atomic E-state index is 0.104. The van der Waals surface area contributed by atoms with Crippen LogP contribution in [0.5, 0.6) is 0 Å². The van der Waals surface area contributed by atoms with Gasteiger partial charge in [-0.3, -0.25) is 4.79 Å². The van der Waals surface area contributed by atoms with Crippen LogP contribution in [0, 0.1) is 10.8 Å². The van der Waals surface area contributed by atoms with Gasteiger partial charge < -0.3 is 15.2 Å². The third-order valence-corrected chi connectivity index (χ3v) is 5.18. The minimum Gasteiger partial charge on any atom is -0.447 e. The average Bonchev–Trinajstić information content (AvgIpc) is 3.04. The summed E-state index contributed by atoms with van der Waals surface area (Å²) >= 11 is 0. The zero-order chi connectivity index (χ0) is 18.3. The van der Waals surface area contributed by atoms with E-state index < -0.39 is 34.4 Å². The second kappa shape index (κ2) is 6.17. The van der Waals surface area contributed by atoms with E-state index in [1.165, 1.54) is 0 Å². The summed E-state index contributed by atoms with van der Waals surface area (Å²) in [6.07, 6.45) is 4.30. The largest absolute Gasteiger partial charge is 0.447 e. The summed E-state index contributed by atoms with van der Waals surface area (Å²) in [5.74, 6) is -0.916. The first-order valence-corrected chi connectivity index (χ1v) is 8.83. The lowest BCUT2D eigenvalue weighted by atomic mass is 9.71. The zero-order valence-corrected chi connectivity index (χ0v) is 15.7. The van der Waals surface area contributed by atoms with Gasteiger partial charge in [-0.15, -0.1) is 0 Å². The van der Waals surface area contributed by atoms with E-state index in [9.17, 15) is 14.7 Å². The summed E-state index contributed by atoms with van der Waals surface area (Å²) in [6.45, 7) is 11.4. The number of cyclic esters (lactones) is 1. The topological polar surface area (TPSA) is 75.6 Å². The average molecular weight is 337 g/mol. The second-order valence-corrected chi connectivity index (χ2v) is 9.13. The van der Waals surface area contributed by atoms with Gasteiger partial charge in [0.1, 0.15) is 0 Å². The fraction of sp³-hybridized carbons (Fsp3) is 0.789. The van der Waals surface area contributed by atoms with Gasteiger partial charge in [-0.05, 0) is 24.3 Å². The fourth-order valence-corrected chi connectivity index (χ4v) is 3.49. The molecule has 5 heteroatoms. The molecule has 1 heterocycles. The Kier molecular flexibility index (Phi) is 4.88. The zero-order valence-electron chi connectivity index (χ0n) is 15.7. The molecule has 0 spiro atoms. The van der Waals surface area contributed by atoms with Crippen molar-refractivity contribution < 1.29 is 19.4 Å². The van der Waals surface area contributed by atoms with Crippen LogP contribution >= 0.6 is 0 Å². The van der Waals surface area contributed by atoms with Crippen LogP contribution in [0.4, 0.5) is 0 Å². The SMILES string of the molecule is CC(C)(C)C1=CC(C(O)C(=O)NC2CCCC2)(C(C)(C)C)OC1=O. The van der Waals surface area contributed by atoms with Crippen molar-refractivity contribution in [2.45, 2.75) is 85.0 Å². The van der Waals surface area contributed by atoms with Crippen LogP contribution in [0.3, 0.4) is 0 Å². The first kappa shape index (κ1) is 19.0. The van der Waals surface area contributed by atoms with Crippen molar-refractivity contribution in [3.8, 4) is 0 Å². The molecular formula is C19H31NO4. The summed E-state index contributed by atoms with van der Waals surface area (Å²) in [5.41, 5.74) is -1.88. The van der Waals surface area contributed by atoms with E-state index in [0.29, 0.717) is 5.57 Å². The van der Waals surface area contributed by atoms with Crippen LogP contribution in [-0.2, 0) is 14.3 Å². The Balaban J connectivity index is 2.34. The Hall–Kier alpha value is -1.36. The molecule has 1 aliphatic heterocycles. The van der Waals surface area contributed by atoms with Crippen LogP contribution in [0.2, 0.25) is 0 Å². The van der Waals surface area contributed by atoms with Crippen molar-refractivity contribution in [3.05, 3.63) is 11.6 Å². The van der Waals surface area contributed by atoms with E-state index in [1.807, 2.05) is 41.5 Å². The van der Waals surface area contributed by atoms with Crippen LogP contribution < -0.4 is 5.32 Å².